The summed E-state index contributed by atoms with van der Waals surface area (Å²) in [6.07, 6.45) is 0.322. The summed E-state index contributed by atoms with van der Waals surface area (Å²) in [4.78, 5) is 25.6. The van der Waals surface area contributed by atoms with Gasteiger partial charge in [0, 0.05) is 5.56 Å². The van der Waals surface area contributed by atoms with Crippen LogP contribution in [0.2, 0.25) is 0 Å². The summed E-state index contributed by atoms with van der Waals surface area (Å²) in [6, 6.07) is 27.9. The lowest BCUT2D eigenvalue weighted by Gasteiger charge is -2.15. The number of benzene rings is 3. The van der Waals surface area contributed by atoms with Crippen LogP contribution in [0.1, 0.15) is 21.5 Å². The van der Waals surface area contributed by atoms with Crippen LogP contribution in [-0.4, -0.2) is 11.8 Å². The molecule has 3 aromatic rings. The molecule has 0 aliphatic heterocycles. The number of ether oxygens (including phenoxy) is 1. The van der Waals surface area contributed by atoms with Crippen LogP contribution in [0.4, 0.5) is 0 Å². The maximum atomic E-state index is 12.9. The molecule has 3 nitrogen and oxygen atoms in total. The second-order valence-corrected chi connectivity index (χ2v) is 6.07. The Hall–Kier alpha value is -3.20. The Bertz CT molecular complexity index is 842. The quantitative estimate of drug-likeness (QED) is 0.361. The molecule has 0 amide bonds. The highest BCUT2D eigenvalue weighted by molar-refractivity contribution is 6.08. The highest BCUT2D eigenvalue weighted by Crippen LogP contribution is 2.17. The predicted octanol–water partition coefficient (Wildman–Crippen LogP) is 4.47. The van der Waals surface area contributed by atoms with Crippen molar-refractivity contribution in [1.82, 2.24) is 0 Å². The molecule has 0 spiro atoms. The summed E-state index contributed by atoms with van der Waals surface area (Å²) >= 11 is 0. The van der Waals surface area contributed by atoms with Gasteiger partial charge in [0.15, 0.2) is 5.78 Å². The zero-order chi connectivity index (χ0) is 18.2. The van der Waals surface area contributed by atoms with Crippen LogP contribution in [0.25, 0.3) is 0 Å². The molecule has 130 valence electrons. The van der Waals surface area contributed by atoms with Crippen LogP contribution in [0.5, 0.6) is 0 Å². The number of hydrogen-bond acceptors (Lipinski definition) is 3. The molecule has 0 radical (unpaired) electrons. The average molecular weight is 344 g/mol. The number of ketones is 1. The van der Waals surface area contributed by atoms with E-state index in [1.165, 1.54) is 0 Å². The lowest BCUT2D eigenvalue weighted by Crippen LogP contribution is -2.28. The molecule has 0 bridgehead atoms. The average Bonchev–Trinajstić information content (AvgIpc) is 2.72. The molecule has 26 heavy (non-hydrogen) atoms. The summed E-state index contributed by atoms with van der Waals surface area (Å²) in [7, 11) is 0. The Balaban J connectivity index is 1.77. The van der Waals surface area contributed by atoms with Crippen LogP contribution >= 0.6 is 0 Å². The molecule has 0 aliphatic carbocycles. The molecular formula is C23H20O3. The minimum Gasteiger partial charge on any atom is -0.460 e. The van der Waals surface area contributed by atoms with Gasteiger partial charge in [-0.2, -0.15) is 0 Å². The minimum atomic E-state index is -0.858. The van der Waals surface area contributed by atoms with Gasteiger partial charge in [-0.1, -0.05) is 91.0 Å². The van der Waals surface area contributed by atoms with Crippen LogP contribution in [0, 0.1) is 5.92 Å². The molecule has 3 rings (SSSR count). The Morgan fingerprint density at radius 3 is 1.77 bits per heavy atom. The fourth-order valence-electron chi connectivity index (χ4n) is 2.77. The van der Waals surface area contributed by atoms with Crippen molar-refractivity contribution >= 4 is 11.8 Å². The summed E-state index contributed by atoms with van der Waals surface area (Å²) in [5.41, 5.74) is 2.34. The van der Waals surface area contributed by atoms with Crippen LogP contribution in [-0.2, 0) is 22.6 Å². The number of hydrogen-bond donors (Lipinski definition) is 0. The molecule has 3 aromatic carbocycles. The molecule has 0 aliphatic rings. The van der Waals surface area contributed by atoms with E-state index in [0.29, 0.717) is 12.0 Å². The number of carbonyl (C=O) groups is 2. The molecule has 0 fully saturated rings. The Kier molecular flexibility index (Phi) is 5.94. The van der Waals surface area contributed by atoms with Crippen LogP contribution in [0.3, 0.4) is 0 Å². The lowest BCUT2D eigenvalue weighted by molar-refractivity contribution is -0.148. The van der Waals surface area contributed by atoms with Gasteiger partial charge in [-0.05, 0) is 17.5 Å². The summed E-state index contributed by atoms with van der Waals surface area (Å²) < 4.78 is 5.45. The summed E-state index contributed by atoms with van der Waals surface area (Å²) in [5.74, 6) is -1.57. The number of Topliss-reactive ketones (excluding diaryl/α,β-unsaturated/α-hetero) is 1. The molecule has 3 heteroatoms. The van der Waals surface area contributed by atoms with E-state index in [9.17, 15) is 9.59 Å². The third-order valence-corrected chi connectivity index (χ3v) is 4.17. The van der Waals surface area contributed by atoms with Crippen molar-refractivity contribution in [3.05, 3.63) is 108 Å². The van der Waals surface area contributed by atoms with Crippen molar-refractivity contribution in [2.45, 2.75) is 13.0 Å². The van der Waals surface area contributed by atoms with E-state index in [1.54, 1.807) is 24.3 Å². The maximum Gasteiger partial charge on any atom is 0.317 e. The number of esters is 1. The largest absolute Gasteiger partial charge is 0.460 e. The lowest BCUT2D eigenvalue weighted by atomic mass is 9.91. The maximum absolute atomic E-state index is 12.9. The Morgan fingerprint density at radius 2 is 1.19 bits per heavy atom. The van der Waals surface area contributed by atoms with Crippen LogP contribution in [0.15, 0.2) is 91.0 Å². The predicted molar refractivity (Wildman–Crippen MR) is 101 cm³/mol. The van der Waals surface area contributed by atoms with E-state index < -0.39 is 11.9 Å². The number of rotatable bonds is 7. The van der Waals surface area contributed by atoms with Gasteiger partial charge in [-0.3, -0.25) is 9.59 Å². The molecule has 1 atom stereocenters. The molecule has 0 heterocycles. The third-order valence-electron chi connectivity index (χ3n) is 4.17. The minimum absolute atomic E-state index is 0.160. The molecule has 0 unspecified atom stereocenters. The van der Waals surface area contributed by atoms with Gasteiger partial charge in [-0.25, -0.2) is 0 Å². The van der Waals surface area contributed by atoms with Crippen molar-refractivity contribution < 1.29 is 14.3 Å². The topological polar surface area (TPSA) is 43.4 Å². The highest BCUT2D eigenvalue weighted by Gasteiger charge is 2.29. The van der Waals surface area contributed by atoms with Crippen molar-refractivity contribution in [2.24, 2.45) is 5.92 Å². The second kappa shape index (κ2) is 8.77. The fraction of sp³-hybridized carbons (Fsp3) is 0.130. The van der Waals surface area contributed by atoms with Gasteiger partial charge < -0.3 is 4.74 Å². The first-order chi connectivity index (χ1) is 12.7. The van der Waals surface area contributed by atoms with Crippen molar-refractivity contribution in [3.63, 3.8) is 0 Å². The molecule has 0 N–H and O–H groups in total. The van der Waals surface area contributed by atoms with E-state index in [4.69, 9.17) is 4.74 Å². The van der Waals surface area contributed by atoms with E-state index in [2.05, 4.69) is 0 Å². The van der Waals surface area contributed by atoms with Gasteiger partial charge >= 0.3 is 5.97 Å². The van der Waals surface area contributed by atoms with Gasteiger partial charge in [0.25, 0.3) is 0 Å². The highest BCUT2D eigenvalue weighted by atomic mass is 16.5. The fourth-order valence-corrected chi connectivity index (χ4v) is 2.77. The monoisotopic (exact) mass is 344 g/mol. The Labute approximate surface area is 153 Å². The van der Waals surface area contributed by atoms with Crippen LogP contribution < -0.4 is 0 Å². The first kappa shape index (κ1) is 17.6. The molecule has 0 aromatic heterocycles. The van der Waals surface area contributed by atoms with Gasteiger partial charge in [-0.15, -0.1) is 0 Å². The SMILES string of the molecule is O=C(OCc1ccccc1)[C@H](Cc1ccccc1)C(=O)c1ccccc1. The van der Waals surface area contributed by atoms with Crippen molar-refractivity contribution in [3.8, 4) is 0 Å². The first-order valence-electron chi connectivity index (χ1n) is 8.58. The molecule has 0 saturated heterocycles. The standard InChI is InChI=1S/C23H20O3/c24-22(20-14-8-3-9-15-20)21(16-18-10-4-1-5-11-18)23(25)26-17-19-12-6-2-7-13-19/h1-15,21H,16-17H2/t21-/m1/s1. The summed E-state index contributed by atoms with van der Waals surface area (Å²) in [6.45, 7) is 0.160. The summed E-state index contributed by atoms with van der Waals surface area (Å²) in [5, 5.41) is 0. The smallest absolute Gasteiger partial charge is 0.317 e. The first-order valence-corrected chi connectivity index (χ1v) is 8.58. The number of carbonyl (C=O) groups excluding carboxylic acids is 2. The zero-order valence-corrected chi connectivity index (χ0v) is 14.4. The zero-order valence-electron chi connectivity index (χ0n) is 14.4. The second-order valence-electron chi connectivity index (χ2n) is 6.07. The third kappa shape index (κ3) is 4.67. The van der Waals surface area contributed by atoms with Crippen molar-refractivity contribution in [1.29, 1.82) is 0 Å². The Morgan fingerprint density at radius 1 is 0.692 bits per heavy atom. The normalized spacial score (nSPS) is 11.5. The van der Waals surface area contributed by atoms with E-state index in [-0.39, 0.29) is 12.4 Å². The van der Waals surface area contributed by atoms with E-state index in [0.717, 1.165) is 11.1 Å². The molecular weight excluding hydrogens is 324 g/mol. The van der Waals surface area contributed by atoms with E-state index in [1.807, 2.05) is 66.7 Å². The van der Waals surface area contributed by atoms with Gasteiger partial charge in [0.1, 0.15) is 12.5 Å². The molecule has 0 saturated carbocycles. The van der Waals surface area contributed by atoms with Gasteiger partial charge in [0.05, 0.1) is 0 Å². The van der Waals surface area contributed by atoms with Gasteiger partial charge in [0.2, 0.25) is 0 Å². The van der Waals surface area contributed by atoms with E-state index >= 15 is 0 Å². The van der Waals surface area contributed by atoms with Crippen molar-refractivity contribution in [2.75, 3.05) is 0 Å².